The zero-order valence-corrected chi connectivity index (χ0v) is 17.1. The molecule has 1 N–H and O–H groups in total. The molecule has 0 aliphatic carbocycles. The van der Waals surface area contributed by atoms with Crippen LogP contribution in [0.4, 0.5) is 0 Å². The summed E-state index contributed by atoms with van der Waals surface area (Å²) in [5.41, 5.74) is 1.11. The van der Waals surface area contributed by atoms with E-state index in [0.29, 0.717) is 28.5 Å². The quantitative estimate of drug-likeness (QED) is 0.257. The third kappa shape index (κ3) is 7.47. The second-order valence-electron chi connectivity index (χ2n) is 6.18. The van der Waals surface area contributed by atoms with Gasteiger partial charge in [-0.05, 0) is 54.5 Å². The van der Waals surface area contributed by atoms with Crippen LogP contribution in [0, 0.1) is 0 Å². The zero-order valence-electron chi connectivity index (χ0n) is 16.3. The van der Waals surface area contributed by atoms with Gasteiger partial charge in [0.05, 0.1) is 6.61 Å². The third-order valence-corrected chi connectivity index (χ3v) is 4.12. The van der Waals surface area contributed by atoms with Crippen molar-refractivity contribution in [3.05, 3.63) is 83.0 Å². The fourth-order valence-corrected chi connectivity index (χ4v) is 2.44. The van der Waals surface area contributed by atoms with Gasteiger partial charge in [-0.1, -0.05) is 49.7 Å². The van der Waals surface area contributed by atoms with Gasteiger partial charge in [-0.25, -0.2) is 4.79 Å². The van der Waals surface area contributed by atoms with Gasteiger partial charge in [0.1, 0.15) is 18.1 Å². The van der Waals surface area contributed by atoms with Crippen LogP contribution in [0.2, 0.25) is 5.02 Å². The van der Waals surface area contributed by atoms with E-state index in [9.17, 15) is 9.59 Å². The average Bonchev–Trinajstić information content (AvgIpc) is 2.73. The lowest BCUT2D eigenvalue weighted by molar-refractivity contribution is -0.138. The van der Waals surface area contributed by atoms with Gasteiger partial charge in [-0.15, -0.1) is 0 Å². The first-order valence-electron chi connectivity index (χ1n) is 9.33. The van der Waals surface area contributed by atoms with Crippen molar-refractivity contribution >= 4 is 29.6 Å². The highest BCUT2D eigenvalue weighted by molar-refractivity contribution is 6.30. The molecule has 0 bridgehead atoms. The summed E-state index contributed by atoms with van der Waals surface area (Å²) in [7, 11) is 0. The minimum absolute atomic E-state index is 0.0162. The molecule has 2 aromatic rings. The third-order valence-electron chi connectivity index (χ3n) is 3.86. The topological polar surface area (TPSA) is 64.6 Å². The molecule has 0 fully saturated rings. The van der Waals surface area contributed by atoms with Crippen LogP contribution in [-0.4, -0.2) is 25.1 Å². The van der Waals surface area contributed by atoms with Gasteiger partial charge in [0.2, 0.25) is 0 Å². The Balaban J connectivity index is 2.14. The van der Waals surface area contributed by atoms with Gasteiger partial charge >= 0.3 is 5.97 Å². The van der Waals surface area contributed by atoms with Crippen LogP contribution >= 0.6 is 11.6 Å². The molecule has 29 heavy (non-hydrogen) atoms. The number of carbonyl (C=O) groups excluding carboxylic acids is 2. The van der Waals surface area contributed by atoms with Crippen LogP contribution in [0.5, 0.6) is 5.75 Å². The van der Waals surface area contributed by atoms with Crippen molar-refractivity contribution in [3.8, 4) is 5.75 Å². The normalized spacial score (nSPS) is 10.9. The zero-order chi connectivity index (χ0) is 21.1. The monoisotopic (exact) mass is 413 g/mol. The number of esters is 1. The molecule has 0 heterocycles. The molecule has 0 saturated carbocycles. The fraction of sp³-hybridized carbons (Fsp3) is 0.217. The van der Waals surface area contributed by atoms with Gasteiger partial charge < -0.3 is 14.8 Å². The first kappa shape index (κ1) is 22.2. The highest BCUT2D eigenvalue weighted by Gasteiger charge is 2.16. The van der Waals surface area contributed by atoms with Gasteiger partial charge in [-0.2, -0.15) is 0 Å². The number of benzene rings is 2. The lowest BCUT2D eigenvalue weighted by Gasteiger charge is -2.10. The second kappa shape index (κ2) is 11.7. The number of hydrogen-bond acceptors (Lipinski definition) is 4. The van der Waals surface area contributed by atoms with Gasteiger partial charge in [0.25, 0.3) is 5.91 Å². The maximum Gasteiger partial charge on any atom is 0.355 e. The number of amides is 1. The minimum Gasteiger partial charge on any atom is -0.494 e. The molecule has 0 atom stereocenters. The molecular weight excluding hydrogens is 390 g/mol. The van der Waals surface area contributed by atoms with Gasteiger partial charge in [0.15, 0.2) is 0 Å². The summed E-state index contributed by atoms with van der Waals surface area (Å²) in [6.45, 7) is 6.28. The van der Waals surface area contributed by atoms with E-state index in [1.807, 2.05) is 0 Å². The van der Waals surface area contributed by atoms with Crippen molar-refractivity contribution in [3.63, 3.8) is 0 Å². The molecule has 0 aliphatic heterocycles. The molecule has 0 aliphatic rings. The van der Waals surface area contributed by atoms with Crippen molar-refractivity contribution in [2.45, 2.75) is 19.8 Å². The SMILES string of the molecule is C=CCOC(=O)C(=Cc1ccc(Cl)cc1)NC(=O)c1ccc(OCCCC)cc1. The lowest BCUT2D eigenvalue weighted by atomic mass is 10.1. The molecule has 0 unspecified atom stereocenters. The van der Waals surface area contributed by atoms with Crippen molar-refractivity contribution < 1.29 is 19.1 Å². The molecule has 0 spiro atoms. The number of unbranched alkanes of at least 4 members (excludes halogenated alkanes) is 1. The Kier molecular flexibility index (Phi) is 8.99. The van der Waals surface area contributed by atoms with E-state index in [1.165, 1.54) is 12.2 Å². The summed E-state index contributed by atoms with van der Waals surface area (Å²) in [5.74, 6) is -0.397. The molecule has 6 heteroatoms. The van der Waals surface area contributed by atoms with Crippen LogP contribution in [0.3, 0.4) is 0 Å². The highest BCUT2D eigenvalue weighted by atomic mass is 35.5. The number of halogens is 1. The predicted octanol–water partition coefficient (Wildman–Crippen LogP) is 5.02. The molecule has 2 aromatic carbocycles. The van der Waals surface area contributed by atoms with Crippen LogP contribution < -0.4 is 10.1 Å². The molecule has 2 rings (SSSR count). The number of rotatable bonds is 10. The van der Waals surface area contributed by atoms with Crippen LogP contribution in [0.15, 0.2) is 66.9 Å². The number of ether oxygens (including phenoxy) is 2. The Morgan fingerprint density at radius 2 is 1.79 bits per heavy atom. The van der Waals surface area contributed by atoms with Gasteiger partial charge in [0, 0.05) is 10.6 Å². The fourth-order valence-electron chi connectivity index (χ4n) is 2.32. The van der Waals surface area contributed by atoms with Crippen molar-refractivity contribution in [2.24, 2.45) is 0 Å². The molecule has 0 aromatic heterocycles. The maximum atomic E-state index is 12.6. The summed E-state index contributed by atoms with van der Waals surface area (Å²) >= 11 is 5.89. The van der Waals surface area contributed by atoms with E-state index in [-0.39, 0.29) is 12.3 Å². The summed E-state index contributed by atoms with van der Waals surface area (Å²) in [6, 6.07) is 13.6. The second-order valence-corrected chi connectivity index (χ2v) is 6.61. The largest absolute Gasteiger partial charge is 0.494 e. The summed E-state index contributed by atoms with van der Waals surface area (Å²) < 4.78 is 10.7. The first-order valence-corrected chi connectivity index (χ1v) is 9.70. The Morgan fingerprint density at radius 1 is 1.10 bits per heavy atom. The Hall–Kier alpha value is -3.05. The van der Waals surface area contributed by atoms with Crippen LogP contribution in [0.1, 0.15) is 35.7 Å². The minimum atomic E-state index is -0.660. The van der Waals surface area contributed by atoms with E-state index in [4.69, 9.17) is 21.1 Å². The van der Waals surface area contributed by atoms with Gasteiger partial charge in [-0.3, -0.25) is 4.79 Å². The summed E-state index contributed by atoms with van der Waals surface area (Å²) in [5, 5.41) is 3.19. The smallest absolute Gasteiger partial charge is 0.355 e. The number of carbonyl (C=O) groups is 2. The van der Waals surface area contributed by atoms with Crippen molar-refractivity contribution in [1.29, 1.82) is 0 Å². The van der Waals surface area contributed by atoms with Crippen LogP contribution in [-0.2, 0) is 9.53 Å². The van der Waals surface area contributed by atoms with E-state index in [1.54, 1.807) is 48.5 Å². The lowest BCUT2D eigenvalue weighted by Crippen LogP contribution is -2.28. The maximum absolute atomic E-state index is 12.6. The summed E-state index contributed by atoms with van der Waals surface area (Å²) in [6.07, 6.45) is 5.00. The molecule has 5 nitrogen and oxygen atoms in total. The Morgan fingerprint density at radius 3 is 2.41 bits per heavy atom. The molecule has 1 amide bonds. The van der Waals surface area contributed by atoms with E-state index < -0.39 is 11.9 Å². The van der Waals surface area contributed by atoms with Crippen molar-refractivity contribution in [1.82, 2.24) is 5.32 Å². The van der Waals surface area contributed by atoms with E-state index >= 15 is 0 Å². The Labute approximate surface area is 176 Å². The highest BCUT2D eigenvalue weighted by Crippen LogP contribution is 2.15. The number of hydrogen-bond donors (Lipinski definition) is 1. The molecule has 152 valence electrons. The Bertz CT molecular complexity index is 857. The molecule has 0 saturated heterocycles. The van der Waals surface area contributed by atoms with Crippen LogP contribution in [0.25, 0.3) is 6.08 Å². The predicted molar refractivity (Wildman–Crippen MR) is 115 cm³/mol. The molecular formula is C23H24ClNO4. The standard InChI is InChI=1S/C23H24ClNO4/c1-3-5-15-28-20-12-8-18(9-13-20)22(26)25-21(23(27)29-14-4-2)16-17-6-10-19(24)11-7-17/h4,6-13,16H,2-3,5,14-15H2,1H3,(H,25,26). The van der Waals surface area contributed by atoms with E-state index in [0.717, 1.165) is 12.8 Å². The first-order chi connectivity index (χ1) is 14.0. The van der Waals surface area contributed by atoms with Crippen molar-refractivity contribution in [2.75, 3.05) is 13.2 Å². The van der Waals surface area contributed by atoms with E-state index in [2.05, 4.69) is 18.8 Å². The number of nitrogens with one attached hydrogen (secondary N) is 1. The molecule has 0 radical (unpaired) electrons. The summed E-state index contributed by atoms with van der Waals surface area (Å²) in [4.78, 5) is 24.9. The average molecular weight is 414 g/mol.